The van der Waals surface area contributed by atoms with Gasteiger partial charge in [0, 0.05) is 13.1 Å². The summed E-state index contributed by atoms with van der Waals surface area (Å²) in [6, 6.07) is 0. The van der Waals surface area contributed by atoms with E-state index in [1.54, 1.807) is 0 Å². The van der Waals surface area contributed by atoms with Crippen molar-refractivity contribution in [1.29, 1.82) is 0 Å². The minimum Gasteiger partial charge on any atom is -0.469 e. The van der Waals surface area contributed by atoms with E-state index < -0.39 is 0 Å². The summed E-state index contributed by atoms with van der Waals surface area (Å²) in [6.45, 7) is 2.75. The van der Waals surface area contributed by atoms with Crippen molar-refractivity contribution in [1.82, 2.24) is 10.2 Å². The second-order valence-electron chi connectivity index (χ2n) is 5.34. The molecule has 0 radical (unpaired) electrons. The average Bonchev–Trinajstić information content (AvgIpc) is 3.20. The van der Waals surface area contributed by atoms with E-state index >= 15 is 0 Å². The van der Waals surface area contributed by atoms with Crippen LogP contribution in [-0.2, 0) is 14.3 Å². The van der Waals surface area contributed by atoms with Crippen LogP contribution in [0.25, 0.3) is 0 Å². The monoisotopic (exact) mass is 254 g/mol. The molecule has 0 aromatic carbocycles. The molecule has 0 aromatic rings. The quantitative estimate of drug-likeness (QED) is 0.721. The van der Waals surface area contributed by atoms with Gasteiger partial charge in [0.25, 0.3) is 0 Å². The van der Waals surface area contributed by atoms with E-state index in [9.17, 15) is 9.59 Å². The minimum atomic E-state index is -0.155. The van der Waals surface area contributed by atoms with Crippen LogP contribution in [0.15, 0.2) is 0 Å². The number of nitrogens with zero attached hydrogens (tertiary/aromatic N) is 1. The zero-order valence-corrected chi connectivity index (χ0v) is 11.0. The Bertz CT molecular complexity index is 315. The van der Waals surface area contributed by atoms with Gasteiger partial charge in [-0.3, -0.25) is 14.5 Å². The van der Waals surface area contributed by atoms with Gasteiger partial charge < -0.3 is 10.1 Å². The van der Waals surface area contributed by atoms with Gasteiger partial charge in [-0.05, 0) is 38.1 Å². The number of rotatable bonds is 5. The van der Waals surface area contributed by atoms with Crippen LogP contribution in [0.1, 0.15) is 25.7 Å². The molecule has 1 saturated carbocycles. The zero-order valence-electron chi connectivity index (χ0n) is 11.0. The highest BCUT2D eigenvalue weighted by Gasteiger charge is 2.28. The van der Waals surface area contributed by atoms with Gasteiger partial charge in [-0.1, -0.05) is 0 Å². The van der Waals surface area contributed by atoms with Crippen LogP contribution in [0.3, 0.4) is 0 Å². The van der Waals surface area contributed by atoms with Gasteiger partial charge in [-0.2, -0.15) is 0 Å². The number of carbonyl (C=O) groups excluding carboxylic acids is 2. The van der Waals surface area contributed by atoms with E-state index in [0.29, 0.717) is 19.0 Å². The molecule has 1 aliphatic carbocycles. The maximum atomic E-state index is 11.7. The molecule has 2 rings (SSSR count). The minimum absolute atomic E-state index is 0.0695. The zero-order chi connectivity index (χ0) is 13.0. The van der Waals surface area contributed by atoms with Crippen LogP contribution < -0.4 is 5.32 Å². The lowest BCUT2D eigenvalue weighted by molar-refractivity contribution is -0.147. The fraction of sp³-hybridized carbons (Fsp3) is 0.846. The largest absolute Gasteiger partial charge is 0.469 e. The summed E-state index contributed by atoms with van der Waals surface area (Å²) in [5, 5.41) is 2.95. The molecule has 1 aliphatic heterocycles. The Kier molecular flexibility index (Phi) is 4.58. The molecular weight excluding hydrogens is 232 g/mol. The van der Waals surface area contributed by atoms with Crippen LogP contribution in [-0.4, -0.2) is 50.1 Å². The SMILES string of the molecule is COC(=O)C1CCCN(CC(=O)NCC2CC2)C1. The Labute approximate surface area is 108 Å². The summed E-state index contributed by atoms with van der Waals surface area (Å²) in [5.41, 5.74) is 0. The molecule has 2 aliphatic rings. The normalized spacial score (nSPS) is 24.6. The van der Waals surface area contributed by atoms with Gasteiger partial charge in [0.15, 0.2) is 0 Å². The van der Waals surface area contributed by atoms with E-state index in [-0.39, 0.29) is 17.8 Å². The summed E-state index contributed by atoms with van der Waals surface area (Å²) in [4.78, 5) is 25.2. The second kappa shape index (κ2) is 6.18. The van der Waals surface area contributed by atoms with E-state index in [1.165, 1.54) is 20.0 Å². The molecule has 1 amide bonds. The summed E-state index contributed by atoms with van der Waals surface area (Å²) in [5.74, 6) is 0.559. The van der Waals surface area contributed by atoms with Gasteiger partial charge >= 0.3 is 5.97 Å². The molecule has 1 heterocycles. The number of methoxy groups -OCH3 is 1. The lowest BCUT2D eigenvalue weighted by Gasteiger charge is -2.30. The number of ether oxygens (including phenoxy) is 1. The summed E-state index contributed by atoms with van der Waals surface area (Å²) < 4.78 is 4.76. The number of amides is 1. The highest BCUT2D eigenvalue weighted by Crippen LogP contribution is 2.27. The average molecular weight is 254 g/mol. The Morgan fingerprint density at radius 2 is 2.11 bits per heavy atom. The van der Waals surface area contributed by atoms with Gasteiger partial charge in [0.2, 0.25) is 5.91 Å². The third kappa shape index (κ3) is 3.98. The lowest BCUT2D eigenvalue weighted by Crippen LogP contribution is -2.44. The molecule has 1 N–H and O–H groups in total. The standard InChI is InChI=1S/C13H22N2O3/c1-18-13(17)11-3-2-6-15(8-11)9-12(16)14-7-10-4-5-10/h10-11H,2-9H2,1H3,(H,14,16). The second-order valence-corrected chi connectivity index (χ2v) is 5.34. The first kappa shape index (κ1) is 13.3. The Balaban J connectivity index is 1.70. The Morgan fingerprint density at radius 3 is 2.78 bits per heavy atom. The molecule has 2 fully saturated rings. The highest BCUT2D eigenvalue weighted by atomic mass is 16.5. The molecule has 102 valence electrons. The number of carbonyl (C=O) groups is 2. The van der Waals surface area contributed by atoms with Crippen molar-refractivity contribution in [2.75, 3.05) is 33.3 Å². The van der Waals surface area contributed by atoms with Gasteiger partial charge in [-0.25, -0.2) is 0 Å². The molecule has 18 heavy (non-hydrogen) atoms. The number of likely N-dealkylation sites (tertiary alicyclic amines) is 1. The first-order valence-electron chi connectivity index (χ1n) is 6.76. The molecule has 0 bridgehead atoms. The van der Waals surface area contributed by atoms with Crippen LogP contribution in [0.4, 0.5) is 0 Å². The first-order chi connectivity index (χ1) is 8.69. The molecule has 1 unspecified atom stereocenters. The summed E-state index contributed by atoms with van der Waals surface area (Å²) in [6.07, 6.45) is 4.31. The molecule has 1 saturated heterocycles. The number of hydrogen-bond donors (Lipinski definition) is 1. The van der Waals surface area contributed by atoms with Crippen LogP contribution in [0.2, 0.25) is 0 Å². The van der Waals surface area contributed by atoms with Crippen LogP contribution >= 0.6 is 0 Å². The number of esters is 1. The predicted octanol–water partition coefficient (Wildman–Crippen LogP) is 0.398. The van der Waals surface area contributed by atoms with Crippen molar-refractivity contribution >= 4 is 11.9 Å². The van der Waals surface area contributed by atoms with E-state index in [1.807, 2.05) is 4.90 Å². The summed E-state index contributed by atoms with van der Waals surface area (Å²) >= 11 is 0. The molecule has 0 aromatic heterocycles. The van der Waals surface area contributed by atoms with Crippen molar-refractivity contribution in [2.24, 2.45) is 11.8 Å². The Morgan fingerprint density at radius 1 is 1.33 bits per heavy atom. The lowest BCUT2D eigenvalue weighted by atomic mass is 9.98. The molecule has 5 nitrogen and oxygen atoms in total. The fourth-order valence-electron chi connectivity index (χ4n) is 2.40. The maximum absolute atomic E-state index is 11.7. The topological polar surface area (TPSA) is 58.6 Å². The molecule has 0 spiro atoms. The van der Waals surface area contributed by atoms with E-state index in [2.05, 4.69) is 5.32 Å². The van der Waals surface area contributed by atoms with E-state index in [4.69, 9.17) is 4.74 Å². The van der Waals surface area contributed by atoms with Gasteiger partial charge in [0.05, 0.1) is 19.6 Å². The van der Waals surface area contributed by atoms with Crippen molar-refractivity contribution in [3.05, 3.63) is 0 Å². The molecule has 1 atom stereocenters. The first-order valence-corrected chi connectivity index (χ1v) is 6.76. The molecule has 5 heteroatoms. The van der Waals surface area contributed by atoms with Crippen molar-refractivity contribution in [3.8, 4) is 0 Å². The third-order valence-corrected chi connectivity index (χ3v) is 3.69. The fourth-order valence-corrected chi connectivity index (χ4v) is 2.40. The summed E-state index contributed by atoms with van der Waals surface area (Å²) in [7, 11) is 1.42. The maximum Gasteiger partial charge on any atom is 0.309 e. The van der Waals surface area contributed by atoms with Gasteiger partial charge in [-0.15, -0.1) is 0 Å². The van der Waals surface area contributed by atoms with Gasteiger partial charge in [0.1, 0.15) is 0 Å². The highest BCUT2D eigenvalue weighted by molar-refractivity contribution is 5.78. The predicted molar refractivity (Wildman–Crippen MR) is 66.9 cm³/mol. The third-order valence-electron chi connectivity index (χ3n) is 3.69. The van der Waals surface area contributed by atoms with Crippen molar-refractivity contribution in [2.45, 2.75) is 25.7 Å². The van der Waals surface area contributed by atoms with E-state index in [0.717, 1.165) is 25.9 Å². The number of nitrogens with one attached hydrogen (secondary N) is 1. The van der Waals surface area contributed by atoms with Crippen LogP contribution in [0, 0.1) is 11.8 Å². The molecular formula is C13H22N2O3. The van der Waals surface area contributed by atoms with Crippen molar-refractivity contribution in [3.63, 3.8) is 0 Å². The number of hydrogen-bond acceptors (Lipinski definition) is 4. The Hall–Kier alpha value is -1.10. The van der Waals surface area contributed by atoms with Crippen molar-refractivity contribution < 1.29 is 14.3 Å². The smallest absolute Gasteiger partial charge is 0.309 e. The number of piperidine rings is 1. The van der Waals surface area contributed by atoms with Crippen LogP contribution in [0.5, 0.6) is 0 Å².